The summed E-state index contributed by atoms with van der Waals surface area (Å²) in [7, 11) is -3.17. The van der Waals surface area contributed by atoms with Crippen molar-refractivity contribution in [1.82, 2.24) is 5.32 Å². The number of nitrogens with zero attached hydrogens (tertiary/aromatic N) is 1. The molecule has 0 bridgehead atoms. The fraction of sp³-hybridized carbons (Fsp3) is 0.533. The molecule has 2 aliphatic heterocycles. The van der Waals surface area contributed by atoms with Crippen molar-refractivity contribution in [2.45, 2.75) is 25.4 Å². The molecule has 0 radical (unpaired) electrons. The summed E-state index contributed by atoms with van der Waals surface area (Å²) in [6, 6.07) is 6.53. The van der Waals surface area contributed by atoms with Crippen molar-refractivity contribution in [2.75, 3.05) is 35.1 Å². The van der Waals surface area contributed by atoms with Crippen LogP contribution in [-0.4, -0.2) is 46.0 Å². The third-order valence-corrected chi connectivity index (χ3v) is 5.90. The monoisotopic (exact) mass is 339 g/mol. The first-order chi connectivity index (χ1) is 11.0. The minimum Gasteiger partial charge on any atom is -0.376 e. The quantitative estimate of drug-likeness (QED) is 0.871. The molecule has 0 spiro atoms. The molecular formula is C15H21N3O4S. The van der Waals surface area contributed by atoms with Crippen LogP contribution in [0.3, 0.4) is 0 Å². The second-order valence-corrected chi connectivity index (χ2v) is 7.77. The zero-order valence-corrected chi connectivity index (χ0v) is 13.6. The Bertz CT molecular complexity index is 654. The van der Waals surface area contributed by atoms with Crippen LogP contribution in [0.4, 0.5) is 16.2 Å². The summed E-state index contributed by atoms with van der Waals surface area (Å²) in [5, 5.41) is 5.51. The van der Waals surface area contributed by atoms with Gasteiger partial charge in [0, 0.05) is 25.4 Å². The van der Waals surface area contributed by atoms with Gasteiger partial charge in [-0.1, -0.05) is 0 Å². The molecule has 1 unspecified atom stereocenters. The van der Waals surface area contributed by atoms with E-state index in [9.17, 15) is 13.2 Å². The summed E-state index contributed by atoms with van der Waals surface area (Å²) in [5.41, 5.74) is 1.25. The zero-order valence-electron chi connectivity index (χ0n) is 12.8. The van der Waals surface area contributed by atoms with Crippen LogP contribution in [-0.2, 0) is 14.8 Å². The molecule has 2 saturated heterocycles. The second kappa shape index (κ2) is 6.76. The Labute approximate surface area is 136 Å². The summed E-state index contributed by atoms with van der Waals surface area (Å²) >= 11 is 0. The van der Waals surface area contributed by atoms with Crippen LogP contribution in [0, 0.1) is 0 Å². The Kier molecular flexibility index (Phi) is 4.72. The molecule has 1 aromatic rings. The predicted molar refractivity (Wildman–Crippen MR) is 88.2 cm³/mol. The van der Waals surface area contributed by atoms with Gasteiger partial charge in [0.05, 0.1) is 17.5 Å². The molecule has 23 heavy (non-hydrogen) atoms. The lowest BCUT2D eigenvalue weighted by atomic mass is 10.2. The van der Waals surface area contributed by atoms with E-state index in [2.05, 4.69) is 10.6 Å². The van der Waals surface area contributed by atoms with E-state index in [1.165, 1.54) is 4.31 Å². The molecule has 2 N–H and O–H groups in total. The third-order valence-electron chi connectivity index (χ3n) is 4.03. The van der Waals surface area contributed by atoms with Crippen LogP contribution in [0.1, 0.15) is 19.3 Å². The molecule has 126 valence electrons. The lowest BCUT2D eigenvalue weighted by Crippen LogP contribution is -2.35. The average molecular weight is 339 g/mol. The number of ether oxygens (including phenoxy) is 1. The third kappa shape index (κ3) is 3.94. The number of hydrogen-bond acceptors (Lipinski definition) is 4. The highest BCUT2D eigenvalue weighted by Gasteiger charge is 2.28. The number of benzene rings is 1. The van der Waals surface area contributed by atoms with E-state index in [1.807, 2.05) is 0 Å². The highest BCUT2D eigenvalue weighted by molar-refractivity contribution is 7.93. The molecule has 7 nitrogen and oxygen atoms in total. The Hall–Kier alpha value is -1.80. The van der Waals surface area contributed by atoms with Crippen molar-refractivity contribution in [3.8, 4) is 0 Å². The largest absolute Gasteiger partial charge is 0.376 e. The minimum atomic E-state index is -3.17. The maximum atomic E-state index is 11.9. The number of urea groups is 1. The smallest absolute Gasteiger partial charge is 0.319 e. The molecule has 8 heteroatoms. The number of rotatable bonds is 4. The highest BCUT2D eigenvalue weighted by Crippen LogP contribution is 2.25. The minimum absolute atomic E-state index is 0.100. The number of sulfonamides is 1. The van der Waals surface area contributed by atoms with Gasteiger partial charge in [0.2, 0.25) is 10.0 Å². The molecule has 2 amide bonds. The fourth-order valence-electron chi connectivity index (χ4n) is 2.83. The second-order valence-electron chi connectivity index (χ2n) is 5.76. The van der Waals surface area contributed by atoms with Crippen LogP contribution in [0.5, 0.6) is 0 Å². The molecule has 0 aromatic heterocycles. The van der Waals surface area contributed by atoms with Gasteiger partial charge in [-0.2, -0.15) is 0 Å². The predicted octanol–water partition coefficient (Wildman–Crippen LogP) is 1.53. The van der Waals surface area contributed by atoms with Gasteiger partial charge >= 0.3 is 6.03 Å². The van der Waals surface area contributed by atoms with Gasteiger partial charge < -0.3 is 15.4 Å². The van der Waals surface area contributed by atoms with Crippen molar-refractivity contribution in [3.05, 3.63) is 24.3 Å². The summed E-state index contributed by atoms with van der Waals surface area (Å²) in [5.74, 6) is 0.193. The van der Waals surface area contributed by atoms with Gasteiger partial charge in [0.1, 0.15) is 0 Å². The molecule has 1 atom stereocenters. The number of nitrogens with one attached hydrogen (secondary N) is 2. The van der Waals surface area contributed by atoms with Crippen molar-refractivity contribution in [3.63, 3.8) is 0 Å². The molecule has 3 rings (SSSR count). The van der Waals surface area contributed by atoms with Gasteiger partial charge in [-0.15, -0.1) is 0 Å². The van der Waals surface area contributed by atoms with Crippen molar-refractivity contribution in [1.29, 1.82) is 0 Å². The zero-order chi connectivity index (χ0) is 16.3. The molecule has 2 fully saturated rings. The first-order valence-corrected chi connectivity index (χ1v) is 9.42. The topological polar surface area (TPSA) is 87.7 Å². The first-order valence-electron chi connectivity index (χ1n) is 7.81. The number of amides is 2. The molecule has 0 saturated carbocycles. The fourth-order valence-corrected chi connectivity index (χ4v) is 4.39. The molecule has 0 aliphatic carbocycles. The maximum Gasteiger partial charge on any atom is 0.319 e. The van der Waals surface area contributed by atoms with E-state index in [0.29, 0.717) is 30.9 Å². The van der Waals surface area contributed by atoms with Gasteiger partial charge in [-0.3, -0.25) is 4.31 Å². The SMILES string of the molecule is O=C(NCC1CCCO1)Nc1ccc(N2CCCS2(=O)=O)cc1. The van der Waals surface area contributed by atoms with Crippen LogP contribution < -0.4 is 14.9 Å². The lowest BCUT2D eigenvalue weighted by Gasteiger charge is -2.17. The lowest BCUT2D eigenvalue weighted by molar-refractivity contribution is 0.112. The molecule has 2 heterocycles. The van der Waals surface area contributed by atoms with E-state index >= 15 is 0 Å². The molecular weight excluding hydrogens is 318 g/mol. The van der Waals surface area contributed by atoms with E-state index in [1.54, 1.807) is 24.3 Å². The Morgan fingerprint density at radius 1 is 1.26 bits per heavy atom. The van der Waals surface area contributed by atoms with Crippen LogP contribution >= 0.6 is 0 Å². The van der Waals surface area contributed by atoms with Crippen molar-refractivity contribution in [2.24, 2.45) is 0 Å². The Morgan fingerprint density at radius 3 is 2.65 bits per heavy atom. The van der Waals surface area contributed by atoms with Crippen molar-refractivity contribution >= 4 is 27.4 Å². The summed E-state index contributed by atoms with van der Waals surface area (Å²) in [6.45, 7) is 1.77. The summed E-state index contributed by atoms with van der Waals surface area (Å²) < 4.78 is 30.6. The summed E-state index contributed by atoms with van der Waals surface area (Å²) in [4.78, 5) is 11.8. The highest BCUT2D eigenvalue weighted by atomic mass is 32.2. The average Bonchev–Trinajstić information content (AvgIpc) is 3.15. The van der Waals surface area contributed by atoms with E-state index in [-0.39, 0.29) is 17.9 Å². The number of anilines is 2. The number of carbonyl (C=O) groups excluding carboxylic acids is 1. The first kappa shape index (κ1) is 16.1. The van der Waals surface area contributed by atoms with Crippen molar-refractivity contribution < 1.29 is 17.9 Å². The normalized spacial score (nSPS) is 23.0. The molecule has 1 aromatic carbocycles. The number of carbonyl (C=O) groups is 1. The number of hydrogen-bond donors (Lipinski definition) is 2. The van der Waals surface area contributed by atoms with Crippen LogP contribution in [0.15, 0.2) is 24.3 Å². The van der Waals surface area contributed by atoms with Gasteiger partial charge in [-0.05, 0) is 43.5 Å². The Balaban J connectivity index is 1.54. The van der Waals surface area contributed by atoms with Crippen LogP contribution in [0.2, 0.25) is 0 Å². The molecule has 2 aliphatic rings. The van der Waals surface area contributed by atoms with E-state index in [0.717, 1.165) is 19.4 Å². The maximum absolute atomic E-state index is 11.9. The van der Waals surface area contributed by atoms with Gasteiger partial charge in [0.25, 0.3) is 0 Å². The Morgan fingerprint density at radius 2 is 2.04 bits per heavy atom. The van der Waals surface area contributed by atoms with E-state index in [4.69, 9.17) is 4.74 Å². The van der Waals surface area contributed by atoms with E-state index < -0.39 is 10.0 Å². The standard InChI is InChI=1S/C15H21N3O4S/c19-15(16-11-14-3-1-9-22-14)17-12-4-6-13(7-5-12)18-8-2-10-23(18,20)21/h4-7,14H,1-3,8-11H2,(H2,16,17,19). The van der Waals surface area contributed by atoms with Crippen LogP contribution in [0.25, 0.3) is 0 Å². The van der Waals surface area contributed by atoms with Gasteiger partial charge in [0.15, 0.2) is 0 Å². The van der Waals surface area contributed by atoms with Gasteiger partial charge in [-0.25, -0.2) is 13.2 Å². The summed E-state index contributed by atoms with van der Waals surface area (Å²) in [6.07, 6.45) is 2.76.